The van der Waals surface area contributed by atoms with E-state index >= 15 is 0 Å². The molecule has 0 aliphatic rings. The highest BCUT2D eigenvalue weighted by Gasteiger charge is 2.17. The van der Waals surface area contributed by atoms with Crippen molar-refractivity contribution in [2.24, 2.45) is 0 Å². The maximum Gasteiger partial charge on any atom is 0.234 e. The van der Waals surface area contributed by atoms with Crippen LogP contribution in [0.15, 0.2) is 60.3 Å². The number of anilines is 2. The fraction of sp³-hybridized carbons (Fsp3) is 0.182. The molecular formula is C22H21F2N5O2S. The molecule has 0 aliphatic carbocycles. The highest BCUT2D eigenvalue weighted by molar-refractivity contribution is 7.99. The maximum atomic E-state index is 13.7. The van der Waals surface area contributed by atoms with E-state index in [1.165, 1.54) is 0 Å². The second-order valence-corrected chi connectivity index (χ2v) is 7.80. The molecule has 2 amide bonds. The Bertz CT molecular complexity index is 1150. The number of hydrogen-bond acceptors (Lipinski definition) is 5. The first-order chi connectivity index (χ1) is 15.4. The van der Waals surface area contributed by atoms with Crippen LogP contribution >= 0.6 is 11.8 Å². The summed E-state index contributed by atoms with van der Waals surface area (Å²) >= 11 is 1.06. The predicted octanol–water partition coefficient (Wildman–Crippen LogP) is 3.96. The van der Waals surface area contributed by atoms with Gasteiger partial charge in [-0.3, -0.25) is 9.59 Å². The molecule has 1 aromatic heterocycles. The normalized spacial score (nSPS) is 10.6. The van der Waals surface area contributed by atoms with Crippen LogP contribution in [0.5, 0.6) is 0 Å². The summed E-state index contributed by atoms with van der Waals surface area (Å²) in [6.45, 7) is 5.97. The highest BCUT2D eigenvalue weighted by Crippen LogP contribution is 2.20. The second kappa shape index (κ2) is 10.7. The van der Waals surface area contributed by atoms with E-state index in [1.54, 1.807) is 16.7 Å². The summed E-state index contributed by atoms with van der Waals surface area (Å²) < 4.78 is 28.6. The van der Waals surface area contributed by atoms with Gasteiger partial charge in [-0.15, -0.1) is 16.8 Å². The summed E-state index contributed by atoms with van der Waals surface area (Å²) in [5.41, 5.74) is 1.46. The first-order valence-corrected chi connectivity index (χ1v) is 10.6. The lowest BCUT2D eigenvalue weighted by Gasteiger charge is -2.09. The van der Waals surface area contributed by atoms with Crippen molar-refractivity contribution in [3.63, 3.8) is 0 Å². The molecule has 0 bridgehead atoms. The van der Waals surface area contributed by atoms with E-state index in [4.69, 9.17) is 0 Å². The van der Waals surface area contributed by atoms with Crippen LogP contribution in [-0.4, -0.2) is 32.3 Å². The number of thioether (sulfide) groups is 1. The van der Waals surface area contributed by atoms with E-state index < -0.39 is 17.5 Å². The maximum absolute atomic E-state index is 13.7. The lowest BCUT2D eigenvalue weighted by Crippen LogP contribution is -2.18. The molecule has 0 saturated carbocycles. The van der Waals surface area contributed by atoms with E-state index in [2.05, 4.69) is 27.4 Å². The summed E-state index contributed by atoms with van der Waals surface area (Å²) in [6.07, 6.45) is 1.60. The number of aromatic nitrogens is 3. The minimum atomic E-state index is -0.735. The number of nitrogens with one attached hydrogen (secondary N) is 2. The number of rotatable bonds is 9. The summed E-state index contributed by atoms with van der Waals surface area (Å²) in [5, 5.41) is 13.7. The van der Waals surface area contributed by atoms with Crippen LogP contribution in [0.25, 0.3) is 0 Å². The van der Waals surface area contributed by atoms with E-state index in [-0.39, 0.29) is 23.8 Å². The quantitative estimate of drug-likeness (QED) is 0.375. The Hall–Kier alpha value is -3.53. The van der Waals surface area contributed by atoms with Crippen molar-refractivity contribution >= 4 is 35.0 Å². The molecule has 0 radical (unpaired) electrons. The van der Waals surface area contributed by atoms with Crippen LogP contribution in [0.3, 0.4) is 0 Å². The number of amides is 2. The van der Waals surface area contributed by atoms with Gasteiger partial charge in [-0.25, -0.2) is 8.78 Å². The molecule has 1 heterocycles. The highest BCUT2D eigenvalue weighted by atomic mass is 32.2. The van der Waals surface area contributed by atoms with Crippen molar-refractivity contribution in [2.45, 2.75) is 25.0 Å². The van der Waals surface area contributed by atoms with Crippen LogP contribution < -0.4 is 10.6 Å². The second-order valence-electron chi connectivity index (χ2n) is 6.85. The lowest BCUT2D eigenvalue weighted by atomic mass is 10.2. The van der Waals surface area contributed by atoms with Gasteiger partial charge in [0.1, 0.15) is 17.5 Å². The van der Waals surface area contributed by atoms with Crippen molar-refractivity contribution in [3.05, 3.63) is 78.1 Å². The molecule has 2 aromatic carbocycles. The molecule has 3 aromatic rings. The third-order valence-corrected chi connectivity index (χ3v) is 5.23. The zero-order valence-electron chi connectivity index (χ0n) is 17.3. The fourth-order valence-corrected chi connectivity index (χ4v) is 3.62. The van der Waals surface area contributed by atoms with E-state index in [0.29, 0.717) is 23.2 Å². The van der Waals surface area contributed by atoms with Crippen LogP contribution in [0.1, 0.15) is 11.4 Å². The Kier molecular flexibility index (Phi) is 7.72. The Labute approximate surface area is 187 Å². The van der Waals surface area contributed by atoms with Crippen molar-refractivity contribution in [1.29, 1.82) is 0 Å². The molecular weight excluding hydrogens is 436 g/mol. The third kappa shape index (κ3) is 6.24. The molecule has 0 atom stereocenters. The van der Waals surface area contributed by atoms with Crippen LogP contribution in [0, 0.1) is 18.6 Å². The number of aryl methyl sites for hydroxylation is 1. The van der Waals surface area contributed by atoms with E-state index in [1.807, 2.05) is 25.1 Å². The Balaban J connectivity index is 1.63. The lowest BCUT2D eigenvalue weighted by molar-refractivity contribution is -0.116. The Morgan fingerprint density at radius 1 is 1.12 bits per heavy atom. The van der Waals surface area contributed by atoms with Gasteiger partial charge in [-0.2, -0.15) is 0 Å². The van der Waals surface area contributed by atoms with Gasteiger partial charge in [0, 0.05) is 18.3 Å². The largest absolute Gasteiger partial charge is 0.326 e. The van der Waals surface area contributed by atoms with Gasteiger partial charge in [0.05, 0.1) is 17.9 Å². The number of allylic oxidation sites excluding steroid dienone is 1. The minimum Gasteiger partial charge on any atom is -0.326 e. The van der Waals surface area contributed by atoms with Gasteiger partial charge in [-0.05, 0) is 36.8 Å². The molecule has 0 spiro atoms. The first kappa shape index (κ1) is 23.1. The topological polar surface area (TPSA) is 88.9 Å². The third-order valence-electron chi connectivity index (χ3n) is 4.26. The summed E-state index contributed by atoms with van der Waals surface area (Å²) in [7, 11) is 0. The molecule has 0 saturated heterocycles. The SMILES string of the molecule is C=CCn1c(CC(=O)Nc2cccc(C)c2)nnc1SCC(=O)Nc1cc(F)ccc1F. The zero-order chi connectivity index (χ0) is 23.1. The molecule has 0 unspecified atom stereocenters. The first-order valence-electron chi connectivity index (χ1n) is 9.63. The number of carbonyl (C=O) groups excluding carboxylic acids is 2. The number of halogens is 2. The molecule has 166 valence electrons. The van der Waals surface area contributed by atoms with Crippen molar-refractivity contribution in [1.82, 2.24) is 14.8 Å². The summed E-state index contributed by atoms with van der Waals surface area (Å²) in [5.74, 6) is -1.89. The standard InChI is InChI=1S/C22H21F2N5O2S/c1-3-9-29-19(12-20(30)25-16-6-4-5-14(2)10-16)27-28-22(29)32-13-21(31)26-18-11-15(23)7-8-17(18)24/h3-8,10-11H,1,9,12-13H2,2H3,(H,25,30)(H,26,31). The van der Waals surface area contributed by atoms with Crippen molar-refractivity contribution < 1.29 is 18.4 Å². The molecule has 0 fully saturated rings. The average molecular weight is 458 g/mol. The van der Waals surface area contributed by atoms with E-state index in [9.17, 15) is 18.4 Å². The summed E-state index contributed by atoms with van der Waals surface area (Å²) in [6, 6.07) is 10.2. The molecule has 0 aliphatic heterocycles. The van der Waals surface area contributed by atoms with Gasteiger partial charge >= 0.3 is 0 Å². The van der Waals surface area contributed by atoms with Crippen LogP contribution in [0.2, 0.25) is 0 Å². The molecule has 2 N–H and O–H groups in total. The number of benzene rings is 2. The van der Waals surface area contributed by atoms with Crippen LogP contribution in [0.4, 0.5) is 20.2 Å². The molecule has 32 heavy (non-hydrogen) atoms. The van der Waals surface area contributed by atoms with Gasteiger partial charge < -0.3 is 15.2 Å². The average Bonchev–Trinajstić information content (AvgIpc) is 3.10. The molecule has 3 rings (SSSR count). The van der Waals surface area contributed by atoms with Gasteiger partial charge in [0.15, 0.2) is 5.16 Å². The van der Waals surface area contributed by atoms with Crippen LogP contribution in [-0.2, 0) is 22.6 Å². The number of carbonyl (C=O) groups is 2. The smallest absolute Gasteiger partial charge is 0.234 e. The zero-order valence-corrected chi connectivity index (χ0v) is 18.1. The van der Waals surface area contributed by atoms with Crippen molar-refractivity contribution in [2.75, 3.05) is 16.4 Å². The number of nitrogens with zero attached hydrogens (tertiary/aromatic N) is 3. The molecule has 7 nitrogen and oxygen atoms in total. The summed E-state index contributed by atoms with van der Waals surface area (Å²) in [4.78, 5) is 24.6. The minimum absolute atomic E-state index is 0.0178. The van der Waals surface area contributed by atoms with Gasteiger partial charge in [0.2, 0.25) is 11.8 Å². The fourth-order valence-electron chi connectivity index (χ4n) is 2.85. The Morgan fingerprint density at radius 3 is 2.69 bits per heavy atom. The van der Waals surface area contributed by atoms with Gasteiger partial charge in [0.25, 0.3) is 0 Å². The van der Waals surface area contributed by atoms with Crippen molar-refractivity contribution in [3.8, 4) is 0 Å². The van der Waals surface area contributed by atoms with E-state index in [0.717, 1.165) is 35.5 Å². The predicted molar refractivity (Wildman–Crippen MR) is 119 cm³/mol. The monoisotopic (exact) mass is 457 g/mol. The Morgan fingerprint density at radius 2 is 1.94 bits per heavy atom. The molecule has 10 heteroatoms. The number of hydrogen-bond donors (Lipinski definition) is 2. The van der Waals surface area contributed by atoms with Gasteiger partial charge in [-0.1, -0.05) is 30.0 Å².